The van der Waals surface area contributed by atoms with E-state index in [-0.39, 0.29) is 5.82 Å². The molecule has 0 saturated carbocycles. The first kappa shape index (κ1) is 22.9. The fourth-order valence-corrected chi connectivity index (χ4v) is 3.08. The molecule has 0 amide bonds. The van der Waals surface area contributed by atoms with Crippen molar-refractivity contribution in [3.63, 3.8) is 0 Å². The number of ether oxygens (including phenoxy) is 1. The second-order valence-corrected chi connectivity index (χ2v) is 7.44. The van der Waals surface area contributed by atoms with E-state index in [4.69, 9.17) is 4.74 Å². The smallest absolute Gasteiger partial charge is 0.132 e. The lowest BCUT2D eigenvalue weighted by molar-refractivity contribution is 0.415. The lowest BCUT2D eigenvalue weighted by Crippen LogP contribution is -2.22. The summed E-state index contributed by atoms with van der Waals surface area (Å²) >= 11 is 0. The number of methoxy groups -OCH3 is 1. The van der Waals surface area contributed by atoms with E-state index in [1.165, 1.54) is 6.07 Å². The van der Waals surface area contributed by atoms with Gasteiger partial charge in [0.2, 0.25) is 0 Å². The molecule has 0 atom stereocenters. The van der Waals surface area contributed by atoms with Gasteiger partial charge in [-0.15, -0.1) is 0 Å². The average molecular weight is 431 g/mol. The molecule has 1 heterocycles. The van der Waals surface area contributed by atoms with Crippen LogP contribution in [0.1, 0.15) is 25.0 Å². The maximum Gasteiger partial charge on any atom is 0.132 e. The average Bonchev–Trinajstić information content (AvgIpc) is 2.80. The van der Waals surface area contributed by atoms with Crippen molar-refractivity contribution in [3.05, 3.63) is 96.1 Å². The Labute approximate surface area is 188 Å². The monoisotopic (exact) mass is 430 g/mol. The molecule has 5 nitrogen and oxygen atoms in total. The van der Waals surface area contributed by atoms with Gasteiger partial charge in [0.1, 0.15) is 11.6 Å². The molecular weight excluding hydrogens is 403 g/mol. The van der Waals surface area contributed by atoms with Gasteiger partial charge in [0.15, 0.2) is 0 Å². The fourth-order valence-electron chi connectivity index (χ4n) is 3.08. The van der Waals surface area contributed by atoms with Crippen LogP contribution in [-0.4, -0.2) is 42.8 Å². The number of hydrazone groups is 1. The summed E-state index contributed by atoms with van der Waals surface area (Å²) < 4.78 is 19.2. The number of hydrogen-bond donors (Lipinski definition) is 0. The van der Waals surface area contributed by atoms with Crippen molar-refractivity contribution in [2.45, 2.75) is 13.8 Å². The molecule has 6 heteroatoms. The Hall–Kier alpha value is -3.80. The van der Waals surface area contributed by atoms with Gasteiger partial charge in [-0.05, 0) is 43.2 Å². The van der Waals surface area contributed by atoms with Crippen LogP contribution in [-0.2, 0) is 0 Å². The summed E-state index contributed by atoms with van der Waals surface area (Å²) in [5.74, 6) is 0.502. The number of nitrogens with zero attached hydrogens (tertiary/aromatic N) is 4. The van der Waals surface area contributed by atoms with Crippen LogP contribution in [0.5, 0.6) is 5.75 Å². The Bertz CT molecular complexity index is 1130. The van der Waals surface area contributed by atoms with Crippen LogP contribution in [0.15, 0.2) is 94.2 Å². The molecule has 1 aliphatic rings. The van der Waals surface area contributed by atoms with Crippen LogP contribution in [0.2, 0.25) is 0 Å². The molecule has 32 heavy (non-hydrogen) atoms. The first-order valence-electron chi connectivity index (χ1n) is 10.2. The molecule has 0 aromatic heterocycles. The van der Waals surface area contributed by atoms with Crippen LogP contribution in [0.4, 0.5) is 4.39 Å². The molecule has 2 aromatic carbocycles. The number of allylic oxidation sites excluding steroid dienone is 1. The lowest BCUT2D eigenvalue weighted by atomic mass is 10.1. The van der Waals surface area contributed by atoms with Gasteiger partial charge in [0.05, 0.1) is 38.3 Å². The molecule has 0 bridgehead atoms. The molecule has 164 valence electrons. The van der Waals surface area contributed by atoms with Gasteiger partial charge in [-0.3, -0.25) is 15.0 Å². The minimum absolute atomic E-state index is 0.304. The van der Waals surface area contributed by atoms with Crippen molar-refractivity contribution >= 4 is 23.2 Å². The highest BCUT2D eigenvalue weighted by Crippen LogP contribution is 2.19. The number of rotatable bonds is 8. The van der Waals surface area contributed by atoms with Crippen molar-refractivity contribution in [1.82, 2.24) is 5.01 Å². The Morgan fingerprint density at radius 2 is 1.84 bits per heavy atom. The van der Waals surface area contributed by atoms with Gasteiger partial charge in [-0.1, -0.05) is 43.5 Å². The molecule has 0 N–H and O–H groups in total. The Kier molecular flexibility index (Phi) is 7.49. The first-order chi connectivity index (χ1) is 15.4. The van der Waals surface area contributed by atoms with Crippen LogP contribution in [0.25, 0.3) is 5.57 Å². The zero-order valence-corrected chi connectivity index (χ0v) is 18.7. The summed E-state index contributed by atoms with van der Waals surface area (Å²) in [5.41, 5.74) is 5.18. The highest BCUT2D eigenvalue weighted by Gasteiger charge is 2.12. The van der Waals surface area contributed by atoms with Gasteiger partial charge in [-0.2, -0.15) is 5.10 Å². The minimum Gasteiger partial charge on any atom is -0.497 e. The number of hydrogen-bond acceptors (Lipinski definition) is 5. The minimum atomic E-state index is -0.304. The third kappa shape index (κ3) is 5.88. The summed E-state index contributed by atoms with van der Waals surface area (Å²) in [6, 6.07) is 14.3. The van der Waals surface area contributed by atoms with Gasteiger partial charge < -0.3 is 4.74 Å². The van der Waals surface area contributed by atoms with E-state index in [1.807, 2.05) is 31.2 Å². The number of aliphatic imine (C=N–C) groups is 2. The molecule has 0 spiro atoms. The summed E-state index contributed by atoms with van der Waals surface area (Å²) in [6.07, 6.45) is 3.45. The van der Waals surface area contributed by atoms with Crippen molar-refractivity contribution in [3.8, 4) is 5.75 Å². The molecule has 3 rings (SSSR count). The van der Waals surface area contributed by atoms with E-state index in [0.717, 1.165) is 22.6 Å². The second-order valence-electron chi connectivity index (χ2n) is 7.44. The van der Waals surface area contributed by atoms with Crippen LogP contribution in [0.3, 0.4) is 0 Å². The third-order valence-electron chi connectivity index (χ3n) is 4.94. The van der Waals surface area contributed by atoms with Gasteiger partial charge >= 0.3 is 0 Å². The molecule has 1 aliphatic heterocycles. The maximum absolute atomic E-state index is 14.1. The largest absolute Gasteiger partial charge is 0.497 e. The van der Waals surface area contributed by atoms with E-state index >= 15 is 0 Å². The molecule has 0 radical (unpaired) electrons. The quantitative estimate of drug-likeness (QED) is 0.518. The zero-order valence-electron chi connectivity index (χ0n) is 18.7. The number of benzene rings is 2. The van der Waals surface area contributed by atoms with E-state index in [0.29, 0.717) is 35.6 Å². The molecule has 0 aliphatic carbocycles. The standard InChI is InChI=1S/C26H27FN4O/c1-18(22-10-12-23(32-5)13-11-22)14-28-20(3)16-31-17-26(19(2)15-29-31)30-21(4)24-8-6-7-9-25(24)27/h6-13,15,17H,1-2,14,16H2,3-5H3. The Balaban J connectivity index is 1.67. The predicted molar refractivity (Wildman–Crippen MR) is 131 cm³/mol. The number of halogens is 1. The van der Waals surface area contributed by atoms with E-state index < -0.39 is 0 Å². The highest BCUT2D eigenvalue weighted by molar-refractivity contribution is 6.00. The van der Waals surface area contributed by atoms with E-state index in [9.17, 15) is 4.39 Å². The van der Waals surface area contributed by atoms with Gasteiger partial charge in [0.25, 0.3) is 0 Å². The van der Waals surface area contributed by atoms with Crippen LogP contribution in [0, 0.1) is 5.82 Å². The fraction of sp³-hybridized carbons (Fsp3) is 0.192. The van der Waals surface area contributed by atoms with Crippen LogP contribution < -0.4 is 4.74 Å². The second kappa shape index (κ2) is 10.5. The topological polar surface area (TPSA) is 49.5 Å². The van der Waals surface area contributed by atoms with Crippen molar-refractivity contribution in [2.24, 2.45) is 15.1 Å². The molecular formula is C26H27FN4O. The normalized spacial score (nSPS) is 14.4. The molecule has 0 fully saturated rings. The first-order valence-corrected chi connectivity index (χ1v) is 10.2. The Morgan fingerprint density at radius 3 is 2.53 bits per heavy atom. The predicted octanol–water partition coefficient (Wildman–Crippen LogP) is 5.52. The third-order valence-corrected chi connectivity index (χ3v) is 4.94. The zero-order chi connectivity index (χ0) is 23.1. The van der Waals surface area contributed by atoms with Crippen molar-refractivity contribution in [2.75, 3.05) is 20.2 Å². The maximum atomic E-state index is 14.1. The molecule has 0 saturated heterocycles. The van der Waals surface area contributed by atoms with Gasteiger partial charge in [-0.25, -0.2) is 4.39 Å². The molecule has 0 unspecified atom stereocenters. The molecule has 2 aromatic rings. The summed E-state index contributed by atoms with van der Waals surface area (Å²) in [6.45, 7) is 12.8. The van der Waals surface area contributed by atoms with Crippen molar-refractivity contribution in [1.29, 1.82) is 0 Å². The highest BCUT2D eigenvalue weighted by atomic mass is 19.1. The van der Waals surface area contributed by atoms with E-state index in [1.54, 1.807) is 49.7 Å². The Morgan fingerprint density at radius 1 is 1.12 bits per heavy atom. The SMILES string of the molecule is C=C1C=NN(CC(C)=NCC(=C)c2ccc(OC)cc2)C=C1N=C(C)c1ccccc1F. The van der Waals surface area contributed by atoms with Gasteiger partial charge in [0, 0.05) is 22.6 Å². The van der Waals surface area contributed by atoms with Crippen molar-refractivity contribution < 1.29 is 9.13 Å². The van der Waals surface area contributed by atoms with Crippen LogP contribution >= 0.6 is 0 Å². The van der Waals surface area contributed by atoms with E-state index in [2.05, 4.69) is 28.2 Å². The summed E-state index contributed by atoms with van der Waals surface area (Å²) in [7, 11) is 1.64. The summed E-state index contributed by atoms with van der Waals surface area (Å²) in [5, 5.41) is 6.12. The lowest BCUT2D eigenvalue weighted by Gasteiger charge is -2.20. The summed E-state index contributed by atoms with van der Waals surface area (Å²) in [4.78, 5) is 9.21.